The Kier molecular flexibility index (Phi) is 7.96. The normalized spacial score (nSPS) is 28.3. The predicted molar refractivity (Wildman–Crippen MR) is 123 cm³/mol. The van der Waals surface area contributed by atoms with Gasteiger partial charge in [0.15, 0.2) is 0 Å². The minimum absolute atomic E-state index is 0.545. The standard InChI is InChI=1S/C19H32OS5/c1-2-15(1)6-21-11-19(12-22-7-16-3-4-16,13-23-8-17-5-20-17)14-24-9-18-10-25-18/h15-18H,1-14H2. The smallest absolute Gasteiger partial charge is 0.0900 e. The average Bonchev–Trinajstić information content (AvgIpc) is 3.44. The molecule has 0 amide bonds. The van der Waals surface area contributed by atoms with E-state index in [9.17, 15) is 0 Å². The highest BCUT2D eigenvalue weighted by atomic mass is 32.2. The van der Waals surface area contributed by atoms with E-state index < -0.39 is 0 Å². The van der Waals surface area contributed by atoms with Crippen molar-refractivity contribution in [3.8, 4) is 0 Å². The predicted octanol–water partition coefficient (Wildman–Crippen LogP) is 5.24. The second-order valence-electron chi connectivity index (χ2n) is 8.36. The first kappa shape index (κ1) is 20.0. The maximum Gasteiger partial charge on any atom is 0.0900 e. The summed E-state index contributed by atoms with van der Waals surface area (Å²) in [6.07, 6.45) is 6.57. The Hall–Kier alpha value is 1.71. The third kappa shape index (κ3) is 8.31. The van der Waals surface area contributed by atoms with Crippen molar-refractivity contribution < 1.29 is 4.74 Å². The molecular formula is C19H32OS5. The maximum atomic E-state index is 5.45. The van der Waals surface area contributed by atoms with E-state index in [0.29, 0.717) is 11.5 Å². The van der Waals surface area contributed by atoms with Gasteiger partial charge in [0.1, 0.15) is 0 Å². The van der Waals surface area contributed by atoms with Crippen LogP contribution in [-0.4, -0.2) is 69.7 Å². The molecular weight excluding hydrogens is 405 g/mol. The van der Waals surface area contributed by atoms with E-state index in [1.54, 1.807) is 0 Å². The van der Waals surface area contributed by atoms with Crippen molar-refractivity contribution in [3.63, 3.8) is 0 Å². The Morgan fingerprint density at radius 2 is 1.24 bits per heavy atom. The van der Waals surface area contributed by atoms with Gasteiger partial charge in [-0.2, -0.15) is 58.8 Å². The molecule has 2 saturated heterocycles. The summed E-state index contributed by atoms with van der Waals surface area (Å²) < 4.78 is 5.45. The lowest BCUT2D eigenvalue weighted by molar-refractivity contribution is 0.425. The minimum atomic E-state index is 0.545. The van der Waals surface area contributed by atoms with Crippen LogP contribution in [-0.2, 0) is 4.74 Å². The van der Waals surface area contributed by atoms with Crippen LogP contribution in [0.1, 0.15) is 25.7 Å². The Labute approximate surface area is 175 Å². The fraction of sp³-hybridized carbons (Fsp3) is 1.00. The summed E-state index contributed by atoms with van der Waals surface area (Å²) in [6.45, 7) is 1.01. The number of ether oxygens (including phenoxy) is 1. The van der Waals surface area contributed by atoms with E-state index >= 15 is 0 Å². The fourth-order valence-electron chi connectivity index (χ4n) is 2.85. The number of hydrogen-bond acceptors (Lipinski definition) is 6. The first-order valence-electron chi connectivity index (χ1n) is 9.85. The Bertz CT molecular complexity index is 327. The second kappa shape index (κ2) is 9.96. The average molecular weight is 437 g/mol. The van der Waals surface area contributed by atoms with Gasteiger partial charge in [-0.25, -0.2) is 0 Å². The van der Waals surface area contributed by atoms with Gasteiger partial charge < -0.3 is 4.74 Å². The molecule has 0 aromatic carbocycles. The van der Waals surface area contributed by atoms with E-state index in [2.05, 4.69) is 58.8 Å². The molecule has 0 N–H and O–H groups in total. The molecule has 25 heavy (non-hydrogen) atoms. The van der Waals surface area contributed by atoms with Crippen molar-refractivity contribution in [2.75, 3.05) is 58.4 Å². The highest BCUT2D eigenvalue weighted by molar-refractivity contribution is 8.08. The van der Waals surface area contributed by atoms with Crippen LogP contribution in [0.25, 0.3) is 0 Å². The van der Waals surface area contributed by atoms with Gasteiger partial charge in [-0.3, -0.25) is 0 Å². The molecule has 2 atom stereocenters. The van der Waals surface area contributed by atoms with E-state index in [1.807, 2.05) is 0 Å². The lowest BCUT2D eigenvalue weighted by atomic mass is 9.99. The zero-order valence-corrected chi connectivity index (χ0v) is 19.2. The largest absolute Gasteiger partial charge is 0.372 e. The monoisotopic (exact) mass is 436 g/mol. The van der Waals surface area contributed by atoms with E-state index in [0.717, 1.165) is 23.7 Å². The van der Waals surface area contributed by atoms with E-state index in [-0.39, 0.29) is 0 Å². The van der Waals surface area contributed by atoms with Gasteiger partial charge in [0.25, 0.3) is 0 Å². The van der Waals surface area contributed by atoms with Crippen LogP contribution < -0.4 is 0 Å². The van der Waals surface area contributed by atoms with Gasteiger partial charge in [-0.1, -0.05) is 0 Å². The summed E-state index contributed by atoms with van der Waals surface area (Å²) in [6, 6.07) is 0. The van der Waals surface area contributed by atoms with Gasteiger partial charge in [0, 0.05) is 50.9 Å². The summed E-state index contributed by atoms with van der Waals surface area (Å²) in [5.41, 5.74) is 0.545. The summed E-state index contributed by atoms with van der Waals surface area (Å²) in [5, 5.41) is 0.980. The number of thioether (sulfide) groups is 5. The maximum absolute atomic E-state index is 5.45. The third-order valence-corrected chi connectivity index (χ3v) is 12.3. The molecule has 0 aromatic rings. The van der Waals surface area contributed by atoms with Crippen molar-refractivity contribution in [1.82, 2.24) is 0 Å². The van der Waals surface area contributed by atoms with Crippen molar-refractivity contribution in [3.05, 3.63) is 0 Å². The molecule has 0 spiro atoms. The molecule has 0 radical (unpaired) electrons. The first-order chi connectivity index (χ1) is 12.3. The van der Waals surface area contributed by atoms with Crippen LogP contribution in [0.5, 0.6) is 0 Å². The minimum Gasteiger partial charge on any atom is -0.372 e. The molecule has 4 aliphatic rings. The van der Waals surface area contributed by atoms with Crippen LogP contribution >= 0.6 is 58.8 Å². The molecule has 2 aliphatic carbocycles. The number of rotatable bonds is 16. The van der Waals surface area contributed by atoms with Gasteiger partial charge in [0.05, 0.1) is 12.7 Å². The summed E-state index contributed by atoms with van der Waals surface area (Å²) in [7, 11) is 0. The van der Waals surface area contributed by atoms with Gasteiger partial charge in [-0.15, -0.1) is 0 Å². The first-order valence-corrected chi connectivity index (χ1v) is 15.5. The topological polar surface area (TPSA) is 12.5 Å². The molecule has 6 heteroatoms. The summed E-state index contributed by atoms with van der Waals surface area (Å²) >= 11 is 11.2. The van der Waals surface area contributed by atoms with Crippen molar-refractivity contribution >= 4 is 58.8 Å². The number of hydrogen-bond donors (Lipinski definition) is 0. The van der Waals surface area contributed by atoms with Crippen LogP contribution in [0.4, 0.5) is 0 Å². The van der Waals surface area contributed by atoms with Crippen LogP contribution in [0.15, 0.2) is 0 Å². The van der Waals surface area contributed by atoms with Crippen molar-refractivity contribution in [1.29, 1.82) is 0 Å². The second-order valence-corrected chi connectivity index (χ2v) is 13.8. The van der Waals surface area contributed by atoms with E-state index in [1.165, 1.54) is 77.5 Å². The van der Waals surface area contributed by atoms with Crippen LogP contribution in [0, 0.1) is 17.3 Å². The lowest BCUT2D eigenvalue weighted by Crippen LogP contribution is -2.34. The molecule has 2 saturated carbocycles. The van der Waals surface area contributed by atoms with Crippen molar-refractivity contribution in [2.24, 2.45) is 17.3 Å². The Morgan fingerprint density at radius 1 is 0.760 bits per heavy atom. The highest BCUT2D eigenvalue weighted by Gasteiger charge is 2.35. The molecule has 4 fully saturated rings. The van der Waals surface area contributed by atoms with Crippen molar-refractivity contribution in [2.45, 2.75) is 37.0 Å². The molecule has 2 aliphatic heterocycles. The van der Waals surface area contributed by atoms with Gasteiger partial charge in [0.2, 0.25) is 0 Å². The third-order valence-electron chi connectivity index (χ3n) is 5.15. The molecule has 144 valence electrons. The molecule has 1 nitrogen and oxygen atoms in total. The Balaban J connectivity index is 1.27. The molecule has 2 unspecified atom stereocenters. The summed E-state index contributed by atoms with van der Waals surface area (Å²) in [5.74, 6) is 14.5. The quantitative estimate of drug-likeness (QED) is 0.305. The van der Waals surface area contributed by atoms with Crippen LogP contribution in [0.2, 0.25) is 0 Å². The summed E-state index contributed by atoms with van der Waals surface area (Å²) in [4.78, 5) is 0. The Morgan fingerprint density at radius 3 is 1.68 bits per heavy atom. The SMILES string of the molecule is C1CC1CSCC(CSCC1CC1)(CSCC1CO1)CSCC1CS1. The van der Waals surface area contributed by atoms with Crippen LogP contribution in [0.3, 0.4) is 0 Å². The van der Waals surface area contributed by atoms with E-state index in [4.69, 9.17) is 4.74 Å². The molecule has 2 heterocycles. The molecule has 0 bridgehead atoms. The zero-order chi connectivity index (χ0) is 17.0. The molecule has 0 aromatic heterocycles. The van der Waals surface area contributed by atoms with Gasteiger partial charge >= 0.3 is 0 Å². The highest BCUT2D eigenvalue weighted by Crippen LogP contribution is 2.42. The fourth-order valence-corrected chi connectivity index (χ4v) is 10.3. The number of epoxide rings is 1. The molecule has 4 rings (SSSR count). The zero-order valence-electron chi connectivity index (χ0n) is 15.2. The lowest BCUT2D eigenvalue weighted by Gasteiger charge is -2.33. The van der Waals surface area contributed by atoms with Gasteiger partial charge in [-0.05, 0) is 49.0 Å².